The molecule has 0 radical (unpaired) electrons. The van der Waals surface area contributed by atoms with E-state index in [9.17, 15) is 19.2 Å². The van der Waals surface area contributed by atoms with Gasteiger partial charge in [-0.2, -0.15) is 0 Å². The highest BCUT2D eigenvalue weighted by molar-refractivity contribution is 6.02. The summed E-state index contributed by atoms with van der Waals surface area (Å²) in [6, 6.07) is 11.5. The molecule has 4 aromatic rings. The predicted molar refractivity (Wildman–Crippen MR) is 224 cm³/mol. The van der Waals surface area contributed by atoms with Crippen molar-refractivity contribution in [2.24, 2.45) is 11.8 Å². The first-order valence-electron chi connectivity index (χ1n) is 20.8. The Kier molecular flexibility index (Phi) is 12.4. The number of aromatic nitrogens is 4. The number of fused-ring (bicyclic) bond motifs is 2. The molecule has 0 saturated carbocycles. The van der Waals surface area contributed by atoms with Crippen molar-refractivity contribution in [2.45, 2.75) is 97.3 Å². The second-order valence-electron chi connectivity index (χ2n) is 16.6. The van der Waals surface area contributed by atoms with Crippen LogP contribution in [0.5, 0.6) is 0 Å². The average molecular weight is 808 g/mol. The fourth-order valence-corrected chi connectivity index (χ4v) is 8.80. The molecule has 15 nitrogen and oxygen atoms in total. The zero-order valence-corrected chi connectivity index (χ0v) is 35.1. The van der Waals surface area contributed by atoms with Gasteiger partial charge in [-0.15, -0.1) is 0 Å². The van der Waals surface area contributed by atoms with E-state index in [1.165, 1.54) is 14.2 Å². The van der Waals surface area contributed by atoms with Crippen molar-refractivity contribution in [3.63, 3.8) is 0 Å². The second-order valence-corrected chi connectivity index (χ2v) is 16.6. The van der Waals surface area contributed by atoms with Gasteiger partial charge in [0.25, 0.3) is 0 Å². The minimum absolute atomic E-state index is 0.0578. The Morgan fingerprint density at radius 2 is 1.37 bits per heavy atom. The lowest BCUT2D eigenvalue weighted by Crippen LogP contribution is -2.51. The molecule has 3 aliphatic heterocycles. The van der Waals surface area contributed by atoms with Crippen LogP contribution < -0.4 is 15.5 Å². The Morgan fingerprint density at radius 3 is 2.03 bits per heavy atom. The standard InChI is InChI=1S/C44H57N9O6/c1-25(2)34(49-43(56)58-6)24-51-18-8-10-36(51)40-45-23-33(47-40)30-14-12-28-13-15-31-20-29(16-17-35(31)53(27(5)54)38(28)21-30)32-22-46-41(48-32)37-11-9-19-52(37)42(55)39(26(3)4)50-44(57)59-7/h12,14,16-17,20-23,25-26,34,36-37,39H,8-11,13,15,18-19,24H2,1-7H3,(H,45,47)(H,46,48)(H,49,56)(H,50,57). The molecule has 314 valence electrons. The van der Waals surface area contributed by atoms with Crippen LogP contribution in [0.3, 0.4) is 0 Å². The van der Waals surface area contributed by atoms with Crippen LogP contribution in [0.4, 0.5) is 21.0 Å². The van der Waals surface area contributed by atoms with Crippen LogP contribution in [0.1, 0.15) is 95.2 Å². The van der Waals surface area contributed by atoms with E-state index in [1.54, 1.807) is 18.0 Å². The van der Waals surface area contributed by atoms with E-state index < -0.39 is 18.2 Å². The molecule has 4 N–H and O–H groups in total. The van der Waals surface area contributed by atoms with Gasteiger partial charge in [-0.3, -0.25) is 19.4 Å². The van der Waals surface area contributed by atoms with Crippen LogP contribution in [0.25, 0.3) is 22.5 Å². The van der Waals surface area contributed by atoms with Gasteiger partial charge in [0.1, 0.15) is 17.7 Å². The van der Waals surface area contributed by atoms with E-state index in [1.807, 2.05) is 37.1 Å². The number of anilines is 2. The van der Waals surface area contributed by atoms with E-state index >= 15 is 0 Å². The SMILES string of the molecule is COC(=O)NC(CN1CCCC1c1ncc(-c2ccc3c(c2)N(C(C)=O)c2ccc(-c4cnc(C5CCCN5C(=O)C(NC(=O)OC)C(C)C)[nH]4)cc2CC3)[nH]1)C(C)C. The van der Waals surface area contributed by atoms with Crippen molar-refractivity contribution in [2.75, 3.05) is 38.8 Å². The number of hydrogen-bond donors (Lipinski definition) is 4. The molecular weight excluding hydrogens is 751 g/mol. The quantitative estimate of drug-likeness (QED) is 0.127. The lowest BCUT2D eigenvalue weighted by molar-refractivity contribution is -0.135. The number of methoxy groups -OCH3 is 2. The van der Waals surface area contributed by atoms with Crippen LogP contribution in [-0.2, 0) is 31.9 Å². The number of alkyl carbamates (subject to hydrolysis) is 2. The molecule has 2 aromatic heterocycles. The third-order valence-electron chi connectivity index (χ3n) is 12.1. The lowest BCUT2D eigenvalue weighted by atomic mass is 10.0. The van der Waals surface area contributed by atoms with Crippen LogP contribution in [-0.4, -0.2) is 99.7 Å². The number of nitrogens with one attached hydrogen (secondary N) is 4. The molecule has 5 heterocycles. The number of aryl methyl sites for hydroxylation is 2. The number of rotatable bonds is 11. The first-order valence-corrected chi connectivity index (χ1v) is 20.8. The number of carbonyl (C=O) groups excluding carboxylic acids is 4. The Hall–Kier alpha value is -5.70. The maximum atomic E-state index is 13.7. The number of ether oxygens (including phenoxy) is 2. The van der Waals surface area contributed by atoms with Crippen LogP contribution in [0, 0.1) is 11.8 Å². The minimum atomic E-state index is -0.710. The molecule has 15 heteroatoms. The first kappa shape index (κ1) is 41.5. The van der Waals surface area contributed by atoms with E-state index in [4.69, 9.17) is 19.4 Å². The fraction of sp³-hybridized carbons (Fsp3) is 0.500. The van der Waals surface area contributed by atoms with E-state index in [0.29, 0.717) is 18.9 Å². The van der Waals surface area contributed by atoms with Crippen molar-refractivity contribution in [3.8, 4) is 22.5 Å². The molecule has 4 atom stereocenters. The molecule has 4 unspecified atom stereocenters. The van der Waals surface area contributed by atoms with Crippen LogP contribution in [0.2, 0.25) is 0 Å². The number of hydrogen-bond acceptors (Lipinski definition) is 9. The van der Waals surface area contributed by atoms with Gasteiger partial charge >= 0.3 is 12.2 Å². The highest BCUT2D eigenvalue weighted by atomic mass is 16.5. The molecule has 0 bridgehead atoms. The Labute approximate surface area is 345 Å². The van der Waals surface area contributed by atoms with Crippen molar-refractivity contribution in [1.29, 1.82) is 0 Å². The number of benzene rings is 2. The second kappa shape index (κ2) is 17.7. The zero-order valence-electron chi connectivity index (χ0n) is 35.1. The molecule has 4 amide bonds. The summed E-state index contributed by atoms with van der Waals surface area (Å²) >= 11 is 0. The van der Waals surface area contributed by atoms with Crippen molar-refractivity contribution < 1.29 is 28.7 Å². The molecule has 2 saturated heterocycles. The zero-order chi connectivity index (χ0) is 42.0. The third kappa shape index (κ3) is 8.70. The number of imidazole rings is 2. The molecule has 2 fully saturated rings. The summed E-state index contributed by atoms with van der Waals surface area (Å²) in [6.45, 7) is 11.8. The van der Waals surface area contributed by atoms with Gasteiger partial charge in [-0.05, 0) is 91.8 Å². The number of aromatic amines is 2. The number of H-pyrrole nitrogens is 2. The highest BCUT2D eigenvalue weighted by Gasteiger charge is 2.38. The van der Waals surface area contributed by atoms with E-state index in [0.717, 1.165) is 95.9 Å². The molecular formula is C44H57N9O6. The largest absolute Gasteiger partial charge is 0.453 e. The number of amides is 4. The van der Waals surface area contributed by atoms with Crippen molar-refractivity contribution in [1.82, 2.24) is 40.4 Å². The van der Waals surface area contributed by atoms with Gasteiger partial charge in [-0.25, -0.2) is 19.6 Å². The van der Waals surface area contributed by atoms with Crippen LogP contribution in [0.15, 0.2) is 48.8 Å². The van der Waals surface area contributed by atoms with Gasteiger partial charge in [0.15, 0.2) is 0 Å². The Balaban J connectivity index is 1.10. The summed E-state index contributed by atoms with van der Waals surface area (Å²) < 4.78 is 9.67. The Bertz CT molecular complexity index is 2180. The lowest BCUT2D eigenvalue weighted by Gasteiger charge is -2.30. The molecule has 7 rings (SSSR count). The normalized spacial score (nSPS) is 18.9. The van der Waals surface area contributed by atoms with Crippen molar-refractivity contribution in [3.05, 3.63) is 71.6 Å². The van der Waals surface area contributed by atoms with Crippen molar-refractivity contribution >= 4 is 35.4 Å². The topological polar surface area (TPSA) is 178 Å². The van der Waals surface area contributed by atoms with E-state index in [2.05, 4.69) is 63.6 Å². The third-order valence-corrected chi connectivity index (χ3v) is 12.1. The predicted octanol–water partition coefficient (Wildman–Crippen LogP) is 6.81. The molecule has 0 aliphatic carbocycles. The fourth-order valence-electron chi connectivity index (χ4n) is 8.80. The summed E-state index contributed by atoms with van der Waals surface area (Å²) in [5.41, 5.74) is 7.40. The summed E-state index contributed by atoms with van der Waals surface area (Å²) in [7, 11) is 2.67. The van der Waals surface area contributed by atoms with Crippen LogP contribution >= 0.6 is 0 Å². The van der Waals surface area contributed by atoms with Gasteiger partial charge in [0.2, 0.25) is 11.8 Å². The smallest absolute Gasteiger partial charge is 0.407 e. The maximum absolute atomic E-state index is 13.7. The highest BCUT2D eigenvalue weighted by Crippen LogP contribution is 2.41. The summed E-state index contributed by atoms with van der Waals surface area (Å²) in [6.07, 6.45) is 7.69. The van der Waals surface area contributed by atoms with Gasteiger partial charge in [-0.1, -0.05) is 45.9 Å². The molecule has 59 heavy (non-hydrogen) atoms. The summed E-state index contributed by atoms with van der Waals surface area (Å²) in [4.78, 5) is 74.0. The first-order chi connectivity index (χ1) is 28.4. The summed E-state index contributed by atoms with van der Waals surface area (Å²) in [5, 5.41) is 5.70. The van der Waals surface area contributed by atoms with E-state index in [-0.39, 0.29) is 41.8 Å². The van der Waals surface area contributed by atoms with Gasteiger partial charge < -0.3 is 35.0 Å². The summed E-state index contributed by atoms with van der Waals surface area (Å²) in [5.74, 6) is 1.46. The number of nitrogens with zero attached hydrogens (tertiary/aromatic N) is 5. The molecule has 3 aliphatic rings. The average Bonchev–Trinajstić information content (AvgIpc) is 4.05. The number of carbonyl (C=O) groups is 4. The molecule has 0 spiro atoms. The number of likely N-dealkylation sites (tertiary alicyclic amines) is 2. The minimum Gasteiger partial charge on any atom is -0.453 e. The van der Waals surface area contributed by atoms with Gasteiger partial charge in [0.05, 0.1) is 61.5 Å². The Morgan fingerprint density at radius 1 is 0.763 bits per heavy atom. The maximum Gasteiger partial charge on any atom is 0.407 e. The molecule has 2 aromatic carbocycles. The van der Waals surface area contributed by atoms with Gasteiger partial charge in [0, 0.05) is 31.6 Å². The monoisotopic (exact) mass is 807 g/mol.